The van der Waals surface area contributed by atoms with Crippen LogP contribution in [0, 0.1) is 5.92 Å². The van der Waals surface area contributed by atoms with E-state index in [-0.39, 0.29) is 36.1 Å². The second kappa shape index (κ2) is 13.1. The van der Waals surface area contributed by atoms with Gasteiger partial charge in [0.15, 0.2) is 5.82 Å². The molecule has 1 saturated heterocycles. The number of nitrogens with one attached hydrogen (secondary N) is 1. The molecule has 2 amide bonds. The molecule has 1 aliphatic carbocycles. The van der Waals surface area contributed by atoms with Crippen molar-refractivity contribution in [1.82, 2.24) is 30.5 Å². The number of rotatable bonds is 7. The minimum Gasteiger partial charge on any atom is -0.356 e. The third kappa shape index (κ3) is 6.58. The van der Waals surface area contributed by atoms with Crippen LogP contribution in [0.3, 0.4) is 0 Å². The molecule has 3 heterocycles. The lowest BCUT2D eigenvalue weighted by Crippen LogP contribution is -2.47. The summed E-state index contributed by atoms with van der Waals surface area (Å²) in [6.45, 7) is 1.27. The molecule has 4 aromatic rings. The third-order valence-corrected chi connectivity index (χ3v) is 8.30. The van der Waals surface area contributed by atoms with E-state index in [2.05, 4.69) is 20.6 Å². The lowest BCUT2D eigenvalue weighted by Gasteiger charge is -2.32. The molecule has 218 valence electrons. The maximum atomic E-state index is 13.8. The molecule has 1 N–H and O–H groups in total. The van der Waals surface area contributed by atoms with Gasteiger partial charge in [-0.1, -0.05) is 83.8 Å². The average molecular weight is 569 g/mol. The number of fused-ring (bicyclic) bond motifs is 1. The standard InChI is InChI=1S/C32H36N6O4/c39-29(16-15-28-35-30(37-41-28)23-13-7-4-8-14-23)38-18-10-2-1-9-17-33-31(40)25-20-24(21-26(25)38)32-34-27(36-42-32)19-22-11-5-3-6-12-22/h3-8,11-14,24-26H,1-2,9-10,15-21H2,(H,33,40)/t24-,25-,26+/m1/s1. The molecule has 1 aliphatic heterocycles. The molecular formula is C32H36N6O4. The Bertz CT molecular complexity index is 1470. The van der Waals surface area contributed by atoms with Gasteiger partial charge in [0.1, 0.15) is 0 Å². The zero-order chi connectivity index (χ0) is 28.7. The molecule has 0 bridgehead atoms. The Balaban J connectivity index is 1.17. The lowest BCUT2D eigenvalue weighted by atomic mass is 9.99. The molecular weight excluding hydrogens is 532 g/mol. The maximum absolute atomic E-state index is 13.8. The van der Waals surface area contributed by atoms with Gasteiger partial charge in [-0.2, -0.15) is 9.97 Å². The van der Waals surface area contributed by atoms with Crippen molar-refractivity contribution in [2.24, 2.45) is 5.92 Å². The topological polar surface area (TPSA) is 127 Å². The van der Waals surface area contributed by atoms with E-state index in [4.69, 9.17) is 14.0 Å². The Morgan fingerprint density at radius 1 is 0.905 bits per heavy atom. The van der Waals surface area contributed by atoms with Gasteiger partial charge in [-0.05, 0) is 31.2 Å². The molecule has 0 unspecified atom stereocenters. The number of carbonyl (C=O) groups is 2. The van der Waals surface area contributed by atoms with Crippen molar-refractivity contribution in [2.45, 2.75) is 69.7 Å². The van der Waals surface area contributed by atoms with Gasteiger partial charge in [-0.3, -0.25) is 9.59 Å². The molecule has 2 aliphatic rings. The van der Waals surface area contributed by atoms with Crippen molar-refractivity contribution < 1.29 is 18.6 Å². The molecule has 1 saturated carbocycles. The summed E-state index contributed by atoms with van der Waals surface area (Å²) in [6.07, 6.45) is 6.20. The van der Waals surface area contributed by atoms with E-state index in [9.17, 15) is 9.59 Å². The largest absolute Gasteiger partial charge is 0.356 e. The summed E-state index contributed by atoms with van der Waals surface area (Å²) in [5, 5.41) is 11.4. The van der Waals surface area contributed by atoms with Gasteiger partial charge in [0.25, 0.3) is 0 Å². The van der Waals surface area contributed by atoms with E-state index in [1.807, 2.05) is 65.6 Å². The van der Waals surface area contributed by atoms with Crippen LogP contribution in [0.4, 0.5) is 0 Å². The Morgan fingerprint density at radius 3 is 2.52 bits per heavy atom. The predicted molar refractivity (Wildman–Crippen MR) is 154 cm³/mol. The minimum absolute atomic E-state index is 0.00405. The van der Waals surface area contributed by atoms with Crippen LogP contribution in [0.1, 0.15) is 74.0 Å². The monoisotopic (exact) mass is 568 g/mol. The highest BCUT2D eigenvalue weighted by molar-refractivity contribution is 5.82. The average Bonchev–Trinajstić information content (AvgIpc) is 3.78. The predicted octanol–water partition coefficient (Wildman–Crippen LogP) is 4.72. The highest BCUT2D eigenvalue weighted by atomic mass is 16.5. The van der Waals surface area contributed by atoms with Crippen molar-refractivity contribution in [3.63, 3.8) is 0 Å². The van der Waals surface area contributed by atoms with Crippen LogP contribution in [0.15, 0.2) is 69.7 Å². The van der Waals surface area contributed by atoms with Crippen molar-refractivity contribution in [1.29, 1.82) is 0 Å². The first-order chi connectivity index (χ1) is 20.6. The zero-order valence-corrected chi connectivity index (χ0v) is 23.7. The van der Waals surface area contributed by atoms with E-state index < -0.39 is 0 Å². The van der Waals surface area contributed by atoms with Crippen LogP contribution in [0.25, 0.3) is 11.4 Å². The summed E-state index contributed by atoms with van der Waals surface area (Å²) in [4.78, 5) is 38.3. The first-order valence-corrected chi connectivity index (χ1v) is 15.0. The lowest BCUT2D eigenvalue weighted by molar-refractivity contribution is -0.136. The molecule has 2 fully saturated rings. The van der Waals surface area contributed by atoms with Crippen LogP contribution in [-0.4, -0.2) is 56.1 Å². The normalized spacial score (nSPS) is 21.4. The molecule has 3 atom stereocenters. The second-order valence-electron chi connectivity index (χ2n) is 11.2. The fraction of sp³-hybridized carbons (Fsp3) is 0.438. The van der Waals surface area contributed by atoms with Crippen LogP contribution in [0.5, 0.6) is 0 Å². The van der Waals surface area contributed by atoms with E-state index >= 15 is 0 Å². The highest BCUT2D eigenvalue weighted by Crippen LogP contribution is 2.41. The van der Waals surface area contributed by atoms with E-state index in [0.717, 1.165) is 36.8 Å². The van der Waals surface area contributed by atoms with Gasteiger partial charge in [0.2, 0.25) is 29.4 Å². The van der Waals surface area contributed by atoms with Crippen LogP contribution < -0.4 is 5.32 Å². The SMILES string of the molecule is O=C1NCCCCCCN(C(=O)CCc2nc(-c3ccccc3)no2)[C@H]2C[C@H](c3nc(Cc4ccccc4)no3)C[C@@H]12. The Hall–Kier alpha value is -4.34. The molecule has 0 spiro atoms. The first-order valence-electron chi connectivity index (χ1n) is 15.0. The van der Waals surface area contributed by atoms with Crippen LogP contribution in [-0.2, 0) is 22.4 Å². The number of hydrogen-bond donors (Lipinski definition) is 1. The quantitative estimate of drug-likeness (QED) is 0.339. The molecule has 42 heavy (non-hydrogen) atoms. The summed E-state index contributed by atoms with van der Waals surface area (Å²) in [7, 11) is 0. The number of aromatic nitrogens is 4. The summed E-state index contributed by atoms with van der Waals surface area (Å²) >= 11 is 0. The second-order valence-corrected chi connectivity index (χ2v) is 11.2. The van der Waals surface area contributed by atoms with Crippen LogP contribution in [0.2, 0.25) is 0 Å². The Labute approximate surface area is 244 Å². The van der Waals surface area contributed by atoms with Crippen molar-refractivity contribution in [3.8, 4) is 11.4 Å². The smallest absolute Gasteiger partial charge is 0.229 e. The third-order valence-electron chi connectivity index (χ3n) is 8.30. The van der Waals surface area contributed by atoms with Crippen molar-refractivity contribution in [3.05, 3.63) is 83.8 Å². The molecule has 10 nitrogen and oxygen atoms in total. The number of hydrogen-bond acceptors (Lipinski definition) is 8. The fourth-order valence-corrected chi connectivity index (χ4v) is 6.12. The molecule has 2 aromatic carbocycles. The summed E-state index contributed by atoms with van der Waals surface area (Å²) < 4.78 is 11.2. The highest BCUT2D eigenvalue weighted by Gasteiger charge is 2.45. The molecule has 6 rings (SSSR count). The van der Waals surface area contributed by atoms with E-state index in [0.29, 0.717) is 62.2 Å². The van der Waals surface area contributed by atoms with Crippen molar-refractivity contribution in [2.75, 3.05) is 13.1 Å². The maximum Gasteiger partial charge on any atom is 0.229 e. The van der Waals surface area contributed by atoms with E-state index in [1.165, 1.54) is 0 Å². The number of aryl methyl sites for hydroxylation is 1. The first kappa shape index (κ1) is 27.8. The van der Waals surface area contributed by atoms with Gasteiger partial charge in [-0.25, -0.2) is 0 Å². The fourth-order valence-electron chi connectivity index (χ4n) is 6.12. The number of carbonyl (C=O) groups excluding carboxylic acids is 2. The Kier molecular flexibility index (Phi) is 8.67. The molecule has 2 aromatic heterocycles. The summed E-state index contributed by atoms with van der Waals surface area (Å²) in [5.74, 6) is 1.66. The summed E-state index contributed by atoms with van der Waals surface area (Å²) in [5.41, 5.74) is 1.97. The van der Waals surface area contributed by atoms with E-state index in [1.54, 1.807) is 0 Å². The zero-order valence-electron chi connectivity index (χ0n) is 23.7. The molecule has 0 radical (unpaired) electrons. The van der Waals surface area contributed by atoms with Crippen LogP contribution >= 0.6 is 0 Å². The minimum atomic E-state index is -0.338. The van der Waals surface area contributed by atoms with Crippen molar-refractivity contribution >= 4 is 11.8 Å². The van der Waals surface area contributed by atoms with Gasteiger partial charge < -0.3 is 19.3 Å². The molecule has 10 heteroatoms. The van der Waals surface area contributed by atoms with Gasteiger partial charge >= 0.3 is 0 Å². The van der Waals surface area contributed by atoms with Gasteiger partial charge in [-0.15, -0.1) is 0 Å². The number of benzene rings is 2. The van der Waals surface area contributed by atoms with Gasteiger partial charge in [0.05, 0.1) is 5.92 Å². The number of nitrogens with zero attached hydrogens (tertiary/aromatic N) is 5. The summed E-state index contributed by atoms with van der Waals surface area (Å²) in [6, 6.07) is 19.4. The Morgan fingerprint density at radius 2 is 1.69 bits per heavy atom. The number of amides is 2. The van der Waals surface area contributed by atoms with Gasteiger partial charge in [0, 0.05) is 49.9 Å².